The summed E-state index contributed by atoms with van der Waals surface area (Å²) in [6.45, 7) is 0.323. The zero-order valence-corrected chi connectivity index (χ0v) is 10.8. The highest BCUT2D eigenvalue weighted by molar-refractivity contribution is 5.53. The third-order valence-electron chi connectivity index (χ3n) is 2.80. The first-order chi connectivity index (χ1) is 9.81. The summed E-state index contributed by atoms with van der Waals surface area (Å²) >= 11 is 0. The molecule has 0 bridgehead atoms. The van der Waals surface area contributed by atoms with Crippen LogP contribution in [0.4, 0.5) is 5.69 Å². The van der Waals surface area contributed by atoms with Gasteiger partial charge in [-0.25, -0.2) is 4.98 Å². The van der Waals surface area contributed by atoms with Crippen LogP contribution in [0.3, 0.4) is 0 Å². The van der Waals surface area contributed by atoms with Crippen LogP contribution in [-0.4, -0.2) is 15.2 Å². The maximum absolute atomic E-state index is 5.69. The minimum Gasteiger partial charge on any atom is -0.486 e. The van der Waals surface area contributed by atoms with Gasteiger partial charge in [0.15, 0.2) is 11.6 Å². The molecule has 0 aliphatic heterocycles. The molecule has 1 heterocycles. The van der Waals surface area contributed by atoms with Crippen molar-refractivity contribution >= 4 is 5.69 Å². The van der Waals surface area contributed by atoms with E-state index >= 15 is 0 Å². The van der Waals surface area contributed by atoms with Crippen molar-refractivity contribution in [2.24, 2.45) is 0 Å². The number of nitrogen functional groups attached to an aromatic ring is 1. The highest BCUT2D eigenvalue weighted by atomic mass is 16.5. The molecule has 0 spiro atoms. The Balaban J connectivity index is 1.69. The lowest BCUT2D eigenvalue weighted by atomic mass is 10.2. The van der Waals surface area contributed by atoms with Crippen molar-refractivity contribution < 1.29 is 4.74 Å². The van der Waals surface area contributed by atoms with Crippen molar-refractivity contribution in [3.8, 4) is 17.1 Å². The Morgan fingerprint density at radius 2 is 1.90 bits per heavy atom. The summed E-state index contributed by atoms with van der Waals surface area (Å²) < 4.78 is 5.61. The third kappa shape index (κ3) is 2.77. The number of ether oxygens (including phenoxy) is 1. The molecule has 0 saturated carbocycles. The molecular formula is C15H14N4O. The van der Waals surface area contributed by atoms with Crippen LogP contribution < -0.4 is 10.5 Å². The average Bonchev–Trinajstić information content (AvgIpc) is 2.95. The van der Waals surface area contributed by atoms with E-state index in [1.165, 1.54) is 0 Å². The fraction of sp³-hybridized carbons (Fsp3) is 0.0667. The van der Waals surface area contributed by atoms with E-state index in [9.17, 15) is 0 Å². The molecule has 3 rings (SSSR count). The van der Waals surface area contributed by atoms with Gasteiger partial charge in [-0.3, -0.25) is 5.10 Å². The van der Waals surface area contributed by atoms with Gasteiger partial charge in [0.2, 0.25) is 0 Å². The van der Waals surface area contributed by atoms with Gasteiger partial charge in [-0.2, -0.15) is 5.10 Å². The van der Waals surface area contributed by atoms with E-state index in [1.54, 1.807) is 6.07 Å². The fourth-order valence-corrected chi connectivity index (χ4v) is 1.83. The van der Waals surface area contributed by atoms with Gasteiger partial charge in [-0.1, -0.05) is 36.4 Å². The summed E-state index contributed by atoms with van der Waals surface area (Å²) in [6, 6.07) is 17.1. The van der Waals surface area contributed by atoms with Crippen LogP contribution in [-0.2, 0) is 6.61 Å². The van der Waals surface area contributed by atoms with E-state index in [0.29, 0.717) is 29.7 Å². The lowest BCUT2D eigenvalue weighted by Crippen LogP contribution is -1.98. The fourth-order valence-electron chi connectivity index (χ4n) is 1.83. The second-order valence-electron chi connectivity index (χ2n) is 4.33. The predicted molar refractivity (Wildman–Crippen MR) is 77.0 cm³/mol. The molecule has 20 heavy (non-hydrogen) atoms. The van der Waals surface area contributed by atoms with Crippen LogP contribution in [0.2, 0.25) is 0 Å². The number of benzene rings is 2. The number of aromatic amines is 1. The molecule has 5 heteroatoms. The summed E-state index contributed by atoms with van der Waals surface area (Å²) in [6.07, 6.45) is 0. The summed E-state index contributed by atoms with van der Waals surface area (Å²) in [5, 5.41) is 7.05. The number of nitrogens with zero attached hydrogens (tertiary/aromatic N) is 2. The molecule has 0 fully saturated rings. The van der Waals surface area contributed by atoms with E-state index in [4.69, 9.17) is 10.5 Å². The number of aromatic nitrogens is 3. The average molecular weight is 266 g/mol. The van der Waals surface area contributed by atoms with Gasteiger partial charge >= 0.3 is 0 Å². The largest absolute Gasteiger partial charge is 0.486 e. The van der Waals surface area contributed by atoms with Crippen molar-refractivity contribution in [2.45, 2.75) is 6.61 Å². The normalized spacial score (nSPS) is 10.4. The summed E-state index contributed by atoms with van der Waals surface area (Å²) in [5.74, 6) is 2.05. The lowest BCUT2D eigenvalue weighted by Gasteiger charge is -2.03. The Bertz CT molecular complexity index is 694. The van der Waals surface area contributed by atoms with Crippen LogP contribution in [0.25, 0.3) is 11.4 Å². The van der Waals surface area contributed by atoms with Gasteiger partial charge < -0.3 is 10.5 Å². The molecule has 0 atom stereocenters. The van der Waals surface area contributed by atoms with Crippen LogP contribution in [0, 0.1) is 0 Å². The first-order valence-electron chi connectivity index (χ1n) is 6.26. The highest BCUT2D eigenvalue weighted by Crippen LogP contribution is 2.17. The van der Waals surface area contributed by atoms with Gasteiger partial charge in [0.1, 0.15) is 12.4 Å². The molecule has 0 saturated heterocycles. The number of rotatable bonds is 4. The molecule has 0 unspecified atom stereocenters. The number of nitrogens with two attached hydrogens (primary N) is 1. The Morgan fingerprint density at radius 3 is 2.70 bits per heavy atom. The Kier molecular flexibility index (Phi) is 3.33. The zero-order chi connectivity index (χ0) is 13.8. The minimum atomic E-state index is 0.323. The molecule has 3 N–H and O–H groups in total. The Hall–Kier alpha value is -2.82. The molecule has 3 aromatic rings. The minimum absolute atomic E-state index is 0.323. The van der Waals surface area contributed by atoms with E-state index in [2.05, 4.69) is 15.2 Å². The first kappa shape index (κ1) is 12.2. The van der Waals surface area contributed by atoms with Gasteiger partial charge in [0.05, 0.1) is 0 Å². The van der Waals surface area contributed by atoms with E-state index < -0.39 is 0 Å². The van der Waals surface area contributed by atoms with Gasteiger partial charge in [0.25, 0.3) is 0 Å². The molecule has 0 amide bonds. The third-order valence-corrected chi connectivity index (χ3v) is 2.80. The first-order valence-corrected chi connectivity index (χ1v) is 6.26. The molecule has 100 valence electrons. The highest BCUT2D eigenvalue weighted by Gasteiger charge is 2.05. The van der Waals surface area contributed by atoms with Crippen molar-refractivity contribution in [1.82, 2.24) is 15.2 Å². The topological polar surface area (TPSA) is 76.8 Å². The van der Waals surface area contributed by atoms with Crippen molar-refractivity contribution in [3.05, 3.63) is 60.4 Å². The molecule has 0 aliphatic carbocycles. The van der Waals surface area contributed by atoms with Crippen molar-refractivity contribution in [2.75, 3.05) is 5.73 Å². The summed E-state index contributed by atoms with van der Waals surface area (Å²) in [7, 11) is 0. The standard InChI is InChI=1S/C15H14N4O/c16-12-7-4-8-13(9-12)20-10-14-17-15(19-18-14)11-5-2-1-3-6-11/h1-9H,10,16H2,(H,17,18,19). The number of anilines is 1. The second kappa shape index (κ2) is 5.44. The van der Waals surface area contributed by atoms with Crippen LogP contribution >= 0.6 is 0 Å². The Labute approximate surface area is 116 Å². The lowest BCUT2D eigenvalue weighted by molar-refractivity contribution is 0.296. The van der Waals surface area contributed by atoms with E-state index in [0.717, 1.165) is 5.56 Å². The number of H-pyrrole nitrogens is 1. The van der Waals surface area contributed by atoms with E-state index in [-0.39, 0.29) is 0 Å². The molecule has 1 aromatic heterocycles. The van der Waals surface area contributed by atoms with Crippen LogP contribution in [0.1, 0.15) is 5.82 Å². The second-order valence-corrected chi connectivity index (χ2v) is 4.33. The zero-order valence-electron chi connectivity index (χ0n) is 10.8. The monoisotopic (exact) mass is 266 g/mol. The SMILES string of the molecule is Nc1cccc(OCc2nc(-c3ccccc3)n[nH]2)c1. The molecule has 2 aromatic carbocycles. The number of hydrogen-bond donors (Lipinski definition) is 2. The van der Waals surface area contributed by atoms with Crippen molar-refractivity contribution in [3.63, 3.8) is 0 Å². The smallest absolute Gasteiger partial charge is 0.181 e. The van der Waals surface area contributed by atoms with E-state index in [1.807, 2.05) is 48.5 Å². The summed E-state index contributed by atoms with van der Waals surface area (Å²) in [4.78, 5) is 4.40. The molecular weight excluding hydrogens is 252 g/mol. The quantitative estimate of drug-likeness (QED) is 0.712. The maximum atomic E-state index is 5.69. The number of hydrogen-bond acceptors (Lipinski definition) is 4. The molecule has 0 aliphatic rings. The van der Waals surface area contributed by atoms with Gasteiger partial charge in [-0.15, -0.1) is 0 Å². The van der Waals surface area contributed by atoms with Crippen molar-refractivity contribution in [1.29, 1.82) is 0 Å². The predicted octanol–water partition coefficient (Wildman–Crippen LogP) is 2.63. The van der Waals surface area contributed by atoms with Gasteiger partial charge in [0, 0.05) is 17.3 Å². The molecule has 5 nitrogen and oxygen atoms in total. The Morgan fingerprint density at radius 1 is 1.05 bits per heavy atom. The molecule has 0 radical (unpaired) electrons. The maximum Gasteiger partial charge on any atom is 0.181 e. The van der Waals surface area contributed by atoms with Crippen LogP contribution in [0.5, 0.6) is 5.75 Å². The van der Waals surface area contributed by atoms with Gasteiger partial charge in [-0.05, 0) is 12.1 Å². The van der Waals surface area contributed by atoms with Crippen LogP contribution in [0.15, 0.2) is 54.6 Å². The number of nitrogens with one attached hydrogen (secondary N) is 1. The summed E-state index contributed by atoms with van der Waals surface area (Å²) in [5.41, 5.74) is 7.33.